The fourth-order valence-corrected chi connectivity index (χ4v) is 3.64. The summed E-state index contributed by atoms with van der Waals surface area (Å²) in [6.07, 6.45) is 0. The molecule has 29 heavy (non-hydrogen) atoms. The van der Waals surface area contributed by atoms with Gasteiger partial charge in [-0.05, 0) is 36.1 Å². The van der Waals surface area contributed by atoms with Crippen LogP contribution in [-0.2, 0) is 0 Å². The van der Waals surface area contributed by atoms with Crippen LogP contribution in [0.5, 0.6) is 0 Å². The minimum Gasteiger partial charge on any atom is -0.321 e. The van der Waals surface area contributed by atoms with Gasteiger partial charge in [0.2, 0.25) is 0 Å². The number of nitrogens with zero attached hydrogens (tertiary/aromatic N) is 1. The molecule has 0 bridgehead atoms. The molecular weight excluding hydrogens is 356 g/mol. The van der Waals surface area contributed by atoms with Gasteiger partial charge in [0.05, 0.1) is 16.8 Å². The van der Waals surface area contributed by atoms with Crippen molar-refractivity contribution in [3.63, 3.8) is 0 Å². The first-order valence-corrected chi connectivity index (χ1v) is 9.90. The van der Waals surface area contributed by atoms with E-state index in [0.717, 1.165) is 39.0 Å². The molecule has 0 aliphatic heterocycles. The molecule has 0 spiro atoms. The van der Waals surface area contributed by atoms with Crippen molar-refractivity contribution in [2.24, 2.45) is 0 Å². The number of benzene rings is 3. The van der Waals surface area contributed by atoms with Gasteiger partial charge in [0, 0.05) is 16.6 Å². The molecule has 0 saturated carbocycles. The molecule has 0 atom stereocenters. The Kier molecular flexibility index (Phi) is 5.13. The van der Waals surface area contributed by atoms with E-state index in [0.29, 0.717) is 11.5 Å². The van der Waals surface area contributed by atoms with Crippen molar-refractivity contribution in [2.75, 3.05) is 5.32 Å². The predicted octanol–water partition coefficient (Wildman–Crippen LogP) is 6.59. The van der Waals surface area contributed by atoms with Gasteiger partial charge in [-0.1, -0.05) is 80.6 Å². The van der Waals surface area contributed by atoms with Gasteiger partial charge in [-0.3, -0.25) is 4.79 Å². The number of aryl methyl sites for hydroxylation is 1. The van der Waals surface area contributed by atoms with Crippen molar-refractivity contribution in [3.8, 4) is 11.3 Å². The van der Waals surface area contributed by atoms with Gasteiger partial charge in [0.1, 0.15) is 0 Å². The molecule has 1 N–H and O–H groups in total. The molecule has 0 saturated heterocycles. The SMILES string of the molecule is Cc1cccc(C(C)C)c1NC(=O)c1cc(-c2ccccc2)nc2ccccc12. The number of hydrogen-bond donors (Lipinski definition) is 1. The van der Waals surface area contributed by atoms with Crippen LogP contribution in [0.25, 0.3) is 22.2 Å². The number of carbonyl (C=O) groups is 1. The Morgan fingerprint density at radius 2 is 1.62 bits per heavy atom. The summed E-state index contributed by atoms with van der Waals surface area (Å²) in [5.41, 5.74) is 6.33. The molecule has 0 radical (unpaired) electrons. The standard InChI is InChI=1S/C26H24N2O/c1-17(2)20-14-9-10-18(3)25(20)28-26(29)22-16-24(19-11-5-4-6-12-19)27-23-15-8-7-13-21(22)23/h4-17H,1-3H3,(H,28,29). The molecule has 3 nitrogen and oxygen atoms in total. The Hall–Kier alpha value is -3.46. The maximum absolute atomic E-state index is 13.4. The summed E-state index contributed by atoms with van der Waals surface area (Å²) >= 11 is 0. The number of aromatic nitrogens is 1. The Morgan fingerprint density at radius 3 is 2.38 bits per heavy atom. The molecule has 0 fully saturated rings. The number of rotatable bonds is 4. The van der Waals surface area contributed by atoms with Crippen molar-refractivity contribution in [2.45, 2.75) is 26.7 Å². The van der Waals surface area contributed by atoms with Crippen LogP contribution in [-0.4, -0.2) is 10.9 Å². The third-order valence-corrected chi connectivity index (χ3v) is 5.20. The molecule has 3 heteroatoms. The molecule has 1 heterocycles. The molecular formula is C26H24N2O. The largest absolute Gasteiger partial charge is 0.321 e. The zero-order valence-corrected chi connectivity index (χ0v) is 16.9. The van der Waals surface area contributed by atoms with Crippen LogP contribution in [0.2, 0.25) is 0 Å². The van der Waals surface area contributed by atoms with Gasteiger partial charge < -0.3 is 5.32 Å². The zero-order chi connectivity index (χ0) is 20.4. The van der Waals surface area contributed by atoms with Gasteiger partial charge in [-0.15, -0.1) is 0 Å². The van der Waals surface area contributed by atoms with Crippen LogP contribution in [0.1, 0.15) is 41.3 Å². The quantitative estimate of drug-likeness (QED) is 0.434. The lowest BCUT2D eigenvalue weighted by molar-refractivity contribution is 0.102. The van der Waals surface area contributed by atoms with E-state index in [1.54, 1.807) is 0 Å². The van der Waals surface area contributed by atoms with E-state index < -0.39 is 0 Å². The first kappa shape index (κ1) is 18.9. The minimum absolute atomic E-state index is 0.114. The van der Waals surface area contributed by atoms with Crippen LogP contribution in [0, 0.1) is 6.92 Å². The van der Waals surface area contributed by atoms with E-state index in [-0.39, 0.29) is 5.91 Å². The van der Waals surface area contributed by atoms with Crippen LogP contribution in [0.4, 0.5) is 5.69 Å². The third-order valence-electron chi connectivity index (χ3n) is 5.20. The highest BCUT2D eigenvalue weighted by Gasteiger charge is 2.17. The molecule has 1 aromatic heterocycles. The monoisotopic (exact) mass is 380 g/mol. The number of anilines is 1. The van der Waals surface area contributed by atoms with Crippen molar-refractivity contribution in [1.82, 2.24) is 4.98 Å². The second-order valence-corrected chi connectivity index (χ2v) is 7.59. The number of nitrogens with one attached hydrogen (secondary N) is 1. The van der Waals surface area contributed by atoms with Gasteiger partial charge in [0.15, 0.2) is 0 Å². The molecule has 0 unspecified atom stereocenters. The average molecular weight is 380 g/mol. The first-order chi connectivity index (χ1) is 14.0. The maximum atomic E-state index is 13.4. The van der Waals surface area contributed by atoms with Crippen LogP contribution >= 0.6 is 0 Å². The first-order valence-electron chi connectivity index (χ1n) is 9.90. The summed E-state index contributed by atoms with van der Waals surface area (Å²) in [5, 5.41) is 4.03. The summed E-state index contributed by atoms with van der Waals surface area (Å²) in [5.74, 6) is 0.205. The lowest BCUT2D eigenvalue weighted by Crippen LogP contribution is -2.15. The highest BCUT2D eigenvalue weighted by atomic mass is 16.1. The maximum Gasteiger partial charge on any atom is 0.256 e. The molecule has 4 rings (SSSR count). The van der Waals surface area contributed by atoms with Gasteiger partial charge in [0.25, 0.3) is 5.91 Å². The van der Waals surface area contributed by atoms with Gasteiger partial charge in [-0.2, -0.15) is 0 Å². The smallest absolute Gasteiger partial charge is 0.256 e. The van der Waals surface area contributed by atoms with E-state index >= 15 is 0 Å². The van der Waals surface area contributed by atoms with E-state index in [1.165, 1.54) is 0 Å². The summed E-state index contributed by atoms with van der Waals surface area (Å²) < 4.78 is 0. The average Bonchev–Trinajstić information content (AvgIpc) is 2.74. The van der Waals surface area contributed by atoms with E-state index in [4.69, 9.17) is 4.98 Å². The summed E-state index contributed by atoms with van der Waals surface area (Å²) in [7, 11) is 0. The Labute approximate surface area is 171 Å². The second kappa shape index (κ2) is 7.88. The Balaban J connectivity index is 1.83. The number of amides is 1. The molecule has 0 aliphatic rings. The summed E-state index contributed by atoms with van der Waals surface area (Å²) in [4.78, 5) is 18.2. The van der Waals surface area contributed by atoms with E-state index in [2.05, 4.69) is 25.2 Å². The predicted molar refractivity (Wildman–Crippen MR) is 120 cm³/mol. The van der Waals surface area contributed by atoms with E-state index in [9.17, 15) is 4.79 Å². The Bertz CT molecular complexity index is 1180. The molecule has 0 aliphatic carbocycles. The fraction of sp³-hybridized carbons (Fsp3) is 0.154. The highest BCUT2D eigenvalue weighted by molar-refractivity contribution is 6.13. The number of hydrogen-bond acceptors (Lipinski definition) is 2. The van der Waals surface area contributed by atoms with Gasteiger partial charge >= 0.3 is 0 Å². The normalized spacial score (nSPS) is 11.0. The van der Waals surface area contributed by atoms with Crippen molar-refractivity contribution in [1.29, 1.82) is 0 Å². The number of carbonyl (C=O) groups excluding carboxylic acids is 1. The topological polar surface area (TPSA) is 42.0 Å². The number of fused-ring (bicyclic) bond motifs is 1. The summed E-state index contributed by atoms with van der Waals surface area (Å²) in [6, 6.07) is 25.8. The van der Waals surface area contributed by atoms with Crippen molar-refractivity contribution < 1.29 is 4.79 Å². The van der Waals surface area contributed by atoms with Crippen LogP contribution in [0.15, 0.2) is 78.9 Å². The van der Waals surface area contributed by atoms with E-state index in [1.807, 2.05) is 79.7 Å². The summed E-state index contributed by atoms with van der Waals surface area (Å²) in [6.45, 7) is 6.31. The van der Waals surface area contributed by atoms with Crippen molar-refractivity contribution >= 4 is 22.5 Å². The van der Waals surface area contributed by atoms with Crippen LogP contribution < -0.4 is 5.32 Å². The number of pyridine rings is 1. The highest BCUT2D eigenvalue weighted by Crippen LogP contribution is 2.30. The lowest BCUT2D eigenvalue weighted by atomic mass is 9.97. The number of para-hydroxylation sites is 2. The molecule has 4 aromatic rings. The fourth-order valence-electron chi connectivity index (χ4n) is 3.64. The van der Waals surface area contributed by atoms with Gasteiger partial charge in [-0.25, -0.2) is 4.98 Å². The second-order valence-electron chi connectivity index (χ2n) is 7.59. The minimum atomic E-state index is -0.114. The molecule has 1 amide bonds. The molecule has 3 aromatic carbocycles. The zero-order valence-electron chi connectivity index (χ0n) is 16.9. The molecule has 144 valence electrons. The van der Waals surface area contributed by atoms with Crippen molar-refractivity contribution in [3.05, 3.63) is 95.6 Å². The third kappa shape index (κ3) is 3.77. The Morgan fingerprint density at radius 1 is 0.897 bits per heavy atom. The van der Waals surface area contributed by atoms with Crippen LogP contribution in [0.3, 0.4) is 0 Å². The lowest BCUT2D eigenvalue weighted by Gasteiger charge is -2.17.